The Morgan fingerprint density at radius 3 is 2.60 bits per heavy atom. The zero-order valence-electron chi connectivity index (χ0n) is 12.5. The van der Waals surface area contributed by atoms with E-state index in [0.29, 0.717) is 0 Å². The molecule has 0 saturated carbocycles. The molecule has 1 heteroatoms. The van der Waals surface area contributed by atoms with Crippen molar-refractivity contribution in [2.75, 3.05) is 0 Å². The van der Waals surface area contributed by atoms with Gasteiger partial charge in [-0.1, -0.05) is 57.0 Å². The molecule has 1 heterocycles. The van der Waals surface area contributed by atoms with E-state index in [2.05, 4.69) is 50.0 Å². The number of hydrogen-bond acceptors (Lipinski definition) is 0. The van der Waals surface area contributed by atoms with Crippen molar-refractivity contribution in [3.63, 3.8) is 0 Å². The van der Waals surface area contributed by atoms with Gasteiger partial charge in [0.25, 0.3) is 0 Å². The largest absolute Gasteiger partial charge is 0.132 e. The summed E-state index contributed by atoms with van der Waals surface area (Å²) in [6.07, 6.45) is 6.09. The Morgan fingerprint density at radius 1 is 1.00 bits per heavy atom. The van der Waals surface area contributed by atoms with Crippen molar-refractivity contribution in [1.82, 2.24) is 0 Å². The minimum absolute atomic E-state index is 0.883. The van der Waals surface area contributed by atoms with Gasteiger partial charge in [-0.05, 0) is 58.2 Å². The SMILES string of the molecule is CCCC1=C(c2[pH]ccc2CCC)Cc2ccccc21. The van der Waals surface area contributed by atoms with Gasteiger partial charge in [-0.2, -0.15) is 0 Å². The molecule has 0 radical (unpaired) electrons. The van der Waals surface area contributed by atoms with E-state index in [-0.39, 0.29) is 0 Å². The summed E-state index contributed by atoms with van der Waals surface area (Å²) < 4.78 is 0. The number of allylic oxidation sites excluding steroid dienone is 2. The summed E-state index contributed by atoms with van der Waals surface area (Å²) in [5.41, 5.74) is 7.93. The molecule has 1 aliphatic carbocycles. The van der Waals surface area contributed by atoms with Gasteiger partial charge < -0.3 is 0 Å². The molecule has 20 heavy (non-hydrogen) atoms. The normalized spacial score (nSPS) is 14.3. The first-order valence-electron chi connectivity index (χ1n) is 7.82. The summed E-state index contributed by atoms with van der Waals surface area (Å²) in [6.45, 7) is 4.58. The Labute approximate surface area is 124 Å². The van der Waals surface area contributed by atoms with Crippen molar-refractivity contribution in [1.29, 1.82) is 0 Å². The van der Waals surface area contributed by atoms with Gasteiger partial charge >= 0.3 is 0 Å². The lowest BCUT2D eigenvalue weighted by Gasteiger charge is -2.09. The zero-order chi connectivity index (χ0) is 13.9. The highest BCUT2D eigenvalue weighted by atomic mass is 31.0. The third kappa shape index (κ3) is 2.38. The van der Waals surface area contributed by atoms with Crippen LogP contribution in [0.4, 0.5) is 0 Å². The van der Waals surface area contributed by atoms with Crippen LogP contribution in [0.1, 0.15) is 55.1 Å². The Bertz CT molecular complexity index is 631. The number of hydrogen-bond donors (Lipinski definition) is 0. The number of rotatable bonds is 5. The predicted molar refractivity (Wildman–Crippen MR) is 91.8 cm³/mol. The molecule has 1 aromatic heterocycles. The van der Waals surface area contributed by atoms with Crippen LogP contribution < -0.4 is 0 Å². The second-order valence-corrected chi connectivity index (χ2v) is 6.79. The molecular weight excluding hydrogens is 259 g/mol. The first-order valence-corrected chi connectivity index (χ1v) is 8.89. The molecule has 1 unspecified atom stereocenters. The van der Waals surface area contributed by atoms with E-state index in [1.807, 2.05) is 0 Å². The average Bonchev–Trinajstić information content (AvgIpc) is 3.05. The van der Waals surface area contributed by atoms with Crippen LogP contribution in [0.5, 0.6) is 0 Å². The molecule has 0 spiro atoms. The number of aryl methyl sites for hydroxylation is 1. The maximum absolute atomic E-state index is 2.37. The van der Waals surface area contributed by atoms with Crippen LogP contribution >= 0.6 is 8.19 Å². The second kappa shape index (κ2) is 6.02. The minimum Gasteiger partial charge on any atom is -0.132 e. The van der Waals surface area contributed by atoms with Crippen molar-refractivity contribution in [3.8, 4) is 0 Å². The van der Waals surface area contributed by atoms with Crippen LogP contribution in [-0.2, 0) is 12.8 Å². The third-order valence-corrected chi connectivity index (χ3v) is 5.47. The fourth-order valence-electron chi connectivity index (χ4n) is 3.36. The monoisotopic (exact) mass is 282 g/mol. The van der Waals surface area contributed by atoms with Gasteiger partial charge in [0.2, 0.25) is 0 Å². The van der Waals surface area contributed by atoms with Gasteiger partial charge in [0.1, 0.15) is 0 Å². The third-order valence-electron chi connectivity index (χ3n) is 4.23. The van der Waals surface area contributed by atoms with Gasteiger partial charge in [-0.15, -0.1) is 8.19 Å². The maximum atomic E-state index is 2.37. The van der Waals surface area contributed by atoms with E-state index < -0.39 is 0 Å². The van der Waals surface area contributed by atoms with Gasteiger partial charge in [-0.25, -0.2) is 0 Å². The Hall–Kier alpha value is -1.26. The standard InChI is InChI=1S/C19H23P/c1-3-7-14-11-12-20-19(14)18-13-15-9-5-6-10-16(15)17(18)8-4-2/h5-6,9-12,20H,3-4,7-8,13H2,1-2H3. The van der Waals surface area contributed by atoms with Crippen LogP contribution in [0.15, 0.2) is 36.1 Å². The van der Waals surface area contributed by atoms with Crippen LogP contribution in [0, 0.1) is 0 Å². The highest BCUT2D eigenvalue weighted by Gasteiger charge is 2.23. The molecular formula is C19H23P. The Balaban J connectivity index is 2.07. The summed E-state index contributed by atoms with van der Waals surface area (Å²) in [5, 5.41) is 1.66. The molecule has 0 saturated heterocycles. The molecule has 0 fully saturated rings. The molecule has 0 aliphatic heterocycles. The summed E-state index contributed by atoms with van der Waals surface area (Å²) in [4.78, 5) is 0. The molecule has 1 atom stereocenters. The predicted octanol–water partition coefficient (Wildman–Crippen LogP) is 5.94. The van der Waals surface area contributed by atoms with Gasteiger partial charge in [0.15, 0.2) is 0 Å². The van der Waals surface area contributed by atoms with E-state index in [0.717, 1.165) is 14.6 Å². The zero-order valence-corrected chi connectivity index (χ0v) is 13.5. The van der Waals surface area contributed by atoms with Crippen LogP contribution in [0.2, 0.25) is 0 Å². The van der Waals surface area contributed by atoms with Gasteiger partial charge in [0.05, 0.1) is 0 Å². The van der Waals surface area contributed by atoms with Crippen LogP contribution in [0.25, 0.3) is 11.1 Å². The molecule has 3 rings (SSSR count). The highest BCUT2D eigenvalue weighted by Crippen LogP contribution is 2.44. The Kier molecular flexibility index (Phi) is 4.13. The Morgan fingerprint density at radius 2 is 1.80 bits per heavy atom. The van der Waals surface area contributed by atoms with E-state index >= 15 is 0 Å². The number of benzene rings is 1. The molecule has 2 aromatic rings. The fraction of sp³-hybridized carbons (Fsp3) is 0.368. The van der Waals surface area contributed by atoms with Crippen molar-refractivity contribution in [3.05, 3.63) is 58.1 Å². The molecule has 0 N–H and O–H groups in total. The minimum atomic E-state index is 0.883. The van der Waals surface area contributed by atoms with Crippen molar-refractivity contribution in [2.24, 2.45) is 0 Å². The summed E-state index contributed by atoms with van der Waals surface area (Å²) in [7, 11) is 0.883. The molecule has 1 aliphatic rings. The lowest BCUT2D eigenvalue weighted by molar-refractivity contribution is 0.923. The molecule has 1 aromatic carbocycles. The van der Waals surface area contributed by atoms with E-state index in [1.54, 1.807) is 22.0 Å². The quantitative estimate of drug-likeness (QED) is 0.637. The van der Waals surface area contributed by atoms with Crippen molar-refractivity contribution >= 4 is 19.3 Å². The van der Waals surface area contributed by atoms with Gasteiger partial charge in [0, 0.05) is 0 Å². The van der Waals surface area contributed by atoms with E-state index in [4.69, 9.17) is 0 Å². The van der Waals surface area contributed by atoms with Crippen LogP contribution in [-0.4, -0.2) is 0 Å². The maximum Gasteiger partial charge on any atom is -0.000754 e. The summed E-state index contributed by atoms with van der Waals surface area (Å²) in [5.74, 6) is 2.37. The van der Waals surface area contributed by atoms with E-state index in [1.165, 1.54) is 36.8 Å². The lowest BCUT2D eigenvalue weighted by Crippen LogP contribution is -1.89. The topological polar surface area (TPSA) is 0 Å². The van der Waals surface area contributed by atoms with Crippen molar-refractivity contribution in [2.45, 2.75) is 46.0 Å². The van der Waals surface area contributed by atoms with Gasteiger partial charge in [-0.3, -0.25) is 0 Å². The molecule has 104 valence electrons. The first-order chi connectivity index (χ1) is 9.85. The average molecular weight is 282 g/mol. The van der Waals surface area contributed by atoms with E-state index in [9.17, 15) is 0 Å². The highest BCUT2D eigenvalue weighted by molar-refractivity contribution is 7.31. The molecule has 0 amide bonds. The smallest absolute Gasteiger partial charge is 0.000754 e. The molecule has 0 nitrogen and oxygen atoms in total. The summed E-state index contributed by atoms with van der Waals surface area (Å²) in [6, 6.07) is 11.4. The number of fused-ring (bicyclic) bond motifs is 1. The fourth-order valence-corrected chi connectivity index (χ4v) is 4.62. The van der Waals surface area contributed by atoms with Crippen LogP contribution in [0.3, 0.4) is 0 Å². The van der Waals surface area contributed by atoms with Crippen molar-refractivity contribution < 1.29 is 0 Å². The first kappa shape index (κ1) is 13.7. The molecule has 0 bridgehead atoms. The second-order valence-electron chi connectivity index (χ2n) is 5.67. The summed E-state index contributed by atoms with van der Waals surface area (Å²) >= 11 is 0. The lowest BCUT2D eigenvalue weighted by atomic mass is 9.99.